The first-order valence-electron chi connectivity index (χ1n) is 10.4. The molecule has 6 nitrogen and oxygen atoms in total. The van der Waals surface area contributed by atoms with Crippen LogP contribution in [0.25, 0.3) is 6.08 Å². The molecule has 1 heterocycles. The third kappa shape index (κ3) is 5.26. The van der Waals surface area contributed by atoms with E-state index in [2.05, 4.69) is 27.3 Å². The summed E-state index contributed by atoms with van der Waals surface area (Å²) in [5.74, 6) is 0.703. The maximum Gasteiger partial charge on any atom is 0.329 e. The summed E-state index contributed by atoms with van der Waals surface area (Å²) in [6.07, 6.45) is 1.63. The molecule has 0 aliphatic carbocycles. The molecule has 1 N–H and O–H groups in total. The molecule has 0 radical (unpaired) electrons. The first-order chi connectivity index (χ1) is 15.9. The van der Waals surface area contributed by atoms with E-state index in [0.29, 0.717) is 28.1 Å². The predicted octanol–water partition coefficient (Wildman–Crippen LogP) is 5.44. The van der Waals surface area contributed by atoms with Crippen molar-refractivity contribution in [2.45, 2.75) is 20.1 Å². The van der Waals surface area contributed by atoms with Gasteiger partial charge in [-0.2, -0.15) is 0 Å². The molecule has 0 unspecified atom stereocenters. The summed E-state index contributed by atoms with van der Waals surface area (Å²) in [4.78, 5) is 26.4. The number of nitrogens with zero attached hydrogens (tertiary/aromatic N) is 1. The molecule has 0 atom stereocenters. The standard InChI is InChI=1S/C26H23BrN2O4/c1-17-7-6-10-19(11-17)16-33-24-21(27)12-20(14-23(24)32-2)13-22-25(30)29(26(31)28-22)15-18-8-4-3-5-9-18/h3-14H,15-16H2,1-2H3,(H,28,31)/b22-13+. The first kappa shape index (κ1) is 22.6. The number of aryl methyl sites for hydroxylation is 1. The molecule has 1 aliphatic rings. The molecule has 33 heavy (non-hydrogen) atoms. The van der Waals surface area contributed by atoms with Gasteiger partial charge in [0.25, 0.3) is 5.91 Å². The highest BCUT2D eigenvalue weighted by Crippen LogP contribution is 2.38. The van der Waals surface area contributed by atoms with Gasteiger partial charge in [0.1, 0.15) is 12.3 Å². The number of hydrogen-bond donors (Lipinski definition) is 1. The van der Waals surface area contributed by atoms with Gasteiger partial charge in [-0.3, -0.25) is 9.69 Å². The fraction of sp³-hybridized carbons (Fsp3) is 0.154. The molecule has 0 bridgehead atoms. The summed E-state index contributed by atoms with van der Waals surface area (Å²) in [5.41, 5.74) is 3.98. The van der Waals surface area contributed by atoms with Crippen LogP contribution < -0.4 is 14.8 Å². The van der Waals surface area contributed by atoms with Crippen LogP contribution in [-0.4, -0.2) is 23.9 Å². The molecular weight excluding hydrogens is 484 g/mol. The number of benzene rings is 3. The molecule has 4 rings (SSSR count). The number of amides is 3. The van der Waals surface area contributed by atoms with E-state index in [4.69, 9.17) is 9.47 Å². The molecule has 1 aliphatic heterocycles. The maximum absolute atomic E-state index is 12.8. The Morgan fingerprint density at radius 3 is 2.48 bits per heavy atom. The van der Waals surface area contributed by atoms with Gasteiger partial charge in [0, 0.05) is 0 Å². The van der Waals surface area contributed by atoms with E-state index in [1.54, 1.807) is 19.3 Å². The molecule has 1 saturated heterocycles. The van der Waals surface area contributed by atoms with E-state index in [1.165, 1.54) is 4.90 Å². The molecule has 0 spiro atoms. The lowest BCUT2D eigenvalue weighted by Crippen LogP contribution is -2.30. The van der Waals surface area contributed by atoms with Crippen molar-refractivity contribution in [2.75, 3.05) is 7.11 Å². The van der Waals surface area contributed by atoms with E-state index in [-0.39, 0.29) is 18.1 Å². The van der Waals surface area contributed by atoms with Crippen LogP contribution in [0.4, 0.5) is 4.79 Å². The van der Waals surface area contributed by atoms with E-state index in [0.717, 1.165) is 16.7 Å². The van der Waals surface area contributed by atoms with E-state index in [9.17, 15) is 9.59 Å². The van der Waals surface area contributed by atoms with E-state index < -0.39 is 6.03 Å². The Kier molecular flexibility index (Phi) is 6.79. The predicted molar refractivity (Wildman–Crippen MR) is 130 cm³/mol. The number of rotatable bonds is 7. The summed E-state index contributed by atoms with van der Waals surface area (Å²) in [6.45, 7) is 2.63. The van der Waals surface area contributed by atoms with Gasteiger partial charge in [0.15, 0.2) is 11.5 Å². The van der Waals surface area contributed by atoms with Gasteiger partial charge in [0.2, 0.25) is 0 Å². The van der Waals surface area contributed by atoms with Crippen molar-refractivity contribution in [3.63, 3.8) is 0 Å². The highest BCUT2D eigenvalue weighted by molar-refractivity contribution is 9.10. The fourth-order valence-electron chi connectivity index (χ4n) is 3.57. The quantitative estimate of drug-likeness (QED) is 0.342. The molecule has 1 fully saturated rings. The van der Waals surface area contributed by atoms with Gasteiger partial charge < -0.3 is 14.8 Å². The number of carbonyl (C=O) groups is 2. The number of urea groups is 1. The topological polar surface area (TPSA) is 67.9 Å². The molecule has 0 aromatic heterocycles. The maximum atomic E-state index is 12.8. The normalized spacial score (nSPS) is 14.5. The van der Waals surface area contributed by atoms with Crippen LogP contribution in [0.5, 0.6) is 11.5 Å². The number of methoxy groups -OCH3 is 1. The highest BCUT2D eigenvalue weighted by Gasteiger charge is 2.33. The van der Waals surface area contributed by atoms with Crippen LogP contribution in [-0.2, 0) is 17.9 Å². The van der Waals surface area contributed by atoms with Crippen LogP contribution in [0.3, 0.4) is 0 Å². The van der Waals surface area contributed by atoms with Gasteiger partial charge >= 0.3 is 6.03 Å². The largest absolute Gasteiger partial charge is 0.493 e. The molecule has 0 saturated carbocycles. The van der Waals surface area contributed by atoms with Crippen LogP contribution in [0, 0.1) is 6.92 Å². The number of ether oxygens (including phenoxy) is 2. The monoisotopic (exact) mass is 506 g/mol. The minimum atomic E-state index is -0.445. The molecular formula is C26H23BrN2O4. The highest BCUT2D eigenvalue weighted by atomic mass is 79.9. The average Bonchev–Trinajstić information content (AvgIpc) is 3.06. The van der Waals surface area contributed by atoms with Crippen molar-refractivity contribution in [3.05, 3.63) is 99.2 Å². The molecule has 3 amide bonds. The average molecular weight is 507 g/mol. The second kappa shape index (κ2) is 9.92. The third-order valence-electron chi connectivity index (χ3n) is 5.17. The van der Waals surface area contributed by atoms with Crippen LogP contribution in [0.2, 0.25) is 0 Å². The number of halogens is 1. The van der Waals surface area contributed by atoms with Gasteiger partial charge in [-0.05, 0) is 57.8 Å². The molecule has 168 valence electrons. The second-order valence-electron chi connectivity index (χ2n) is 7.68. The molecule has 3 aromatic rings. The fourth-order valence-corrected chi connectivity index (χ4v) is 4.14. The zero-order chi connectivity index (χ0) is 23.4. The van der Waals surface area contributed by atoms with Crippen molar-refractivity contribution in [1.29, 1.82) is 0 Å². The zero-order valence-corrected chi connectivity index (χ0v) is 19.9. The number of carbonyl (C=O) groups excluding carboxylic acids is 2. The number of nitrogens with one attached hydrogen (secondary N) is 1. The lowest BCUT2D eigenvalue weighted by molar-refractivity contribution is -0.123. The Morgan fingerprint density at radius 1 is 1.00 bits per heavy atom. The third-order valence-corrected chi connectivity index (χ3v) is 5.76. The smallest absolute Gasteiger partial charge is 0.329 e. The number of hydrogen-bond acceptors (Lipinski definition) is 4. The van der Waals surface area contributed by atoms with Crippen molar-refractivity contribution in [3.8, 4) is 11.5 Å². The van der Waals surface area contributed by atoms with E-state index >= 15 is 0 Å². The Labute approximate surface area is 200 Å². The summed E-state index contributed by atoms with van der Waals surface area (Å²) in [5, 5.41) is 2.66. The minimum Gasteiger partial charge on any atom is -0.493 e. The van der Waals surface area contributed by atoms with Gasteiger partial charge in [-0.1, -0.05) is 60.2 Å². The first-order valence-corrected chi connectivity index (χ1v) is 11.2. The van der Waals surface area contributed by atoms with Crippen molar-refractivity contribution < 1.29 is 19.1 Å². The van der Waals surface area contributed by atoms with Crippen LogP contribution >= 0.6 is 15.9 Å². The summed E-state index contributed by atoms with van der Waals surface area (Å²) in [7, 11) is 1.56. The van der Waals surface area contributed by atoms with Crippen molar-refractivity contribution in [2.24, 2.45) is 0 Å². The van der Waals surface area contributed by atoms with Crippen LogP contribution in [0.15, 0.2) is 76.9 Å². The Bertz CT molecular complexity index is 1220. The van der Waals surface area contributed by atoms with Crippen LogP contribution in [0.1, 0.15) is 22.3 Å². The summed E-state index contributed by atoms with van der Waals surface area (Å²) in [6, 6.07) is 20.6. The molecule has 7 heteroatoms. The molecule has 3 aromatic carbocycles. The Hall–Kier alpha value is -3.58. The summed E-state index contributed by atoms with van der Waals surface area (Å²) >= 11 is 3.54. The minimum absolute atomic E-state index is 0.207. The lowest BCUT2D eigenvalue weighted by Gasteiger charge is -2.14. The Morgan fingerprint density at radius 2 is 1.76 bits per heavy atom. The Balaban J connectivity index is 1.53. The van der Waals surface area contributed by atoms with Gasteiger partial charge in [0.05, 0.1) is 18.1 Å². The number of imide groups is 1. The van der Waals surface area contributed by atoms with E-state index in [1.807, 2.05) is 61.5 Å². The van der Waals surface area contributed by atoms with Crippen molar-refractivity contribution in [1.82, 2.24) is 10.2 Å². The lowest BCUT2D eigenvalue weighted by atomic mass is 10.1. The summed E-state index contributed by atoms with van der Waals surface area (Å²) < 4.78 is 12.2. The second-order valence-corrected chi connectivity index (χ2v) is 8.53. The van der Waals surface area contributed by atoms with Gasteiger partial charge in [-0.25, -0.2) is 4.79 Å². The SMILES string of the molecule is COc1cc(/C=C2/NC(=O)N(Cc3ccccc3)C2=O)cc(Br)c1OCc1cccc(C)c1. The zero-order valence-electron chi connectivity index (χ0n) is 18.3. The van der Waals surface area contributed by atoms with Gasteiger partial charge in [-0.15, -0.1) is 0 Å². The van der Waals surface area contributed by atoms with Crippen molar-refractivity contribution >= 4 is 33.9 Å².